The Labute approximate surface area is 170 Å². The van der Waals surface area contributed by atoms with Crippen molar-refractivity contribution in [2.24, 2.45) is 11.8 Å². The van der Waals surface area contributed by atoms with Gasteiger partial charge >= 0.3 is 0 Å². The first kappa shape index (κ1) is 21.4. The predicted octanol–water partition coefficient (Wildman–Crippen LogP) is 4.05. The second-order valence-electron chi connectivity index (χ2n) is 8.00. The molecule has 0 aliphatic heterocycles. The molecule has 29 heavy (non-hydrogen) atoms. The molecule has 0 amide bonds. The fourth-order valence-corrected chi connectivity index (χ4v) is 3.36. The fourth-order valence-electron chi connectivity index (χ4n) is 3.36. The molecule has 0 radical (unpaired) electrons. The molecule has 3 N–H and O–H groups in total. The maximum absolute atomic E-state index is 13.9. The number of aliphatic hydroxyl groups excluding tert-OH is 1. The Hall–Kier alpha value is -2.35. The summed E-state index contributed by atoms with van der Waals surface area (Å²) in [5.41, 5.74) is 1.02. The minimum Gasteiger partial charge on any atom is -0.393 e. The second kappa shape index (κ2) is 9.91. The zero-order valence-electron chi connectivity index (χ0n) is 16.9. The number of aliphatic hydroxyl groups is 1. The van der Waals surface area contributed by atoms with Crippen LogP contribution in [0.2, 0.25) is 0 Å². The standard InChI is InChI=1S/C21H29F2N5O/c1-13(2)17(22)12-26-21-25-11-16(18-4-3-5-19(23)27-18)20(28-21)24-10-14-6-8-15(29)9-7-14/h3-5,11,13-15,17,29H,6-10,12H2,1-2H3,(H2,24,25,26,28)/t14?,15?,17-/m1/s1. The van der Waals surface area contributed by atoms with E-state index in [4.69, 9.17) is 0 Å². The van der Waals surface area contributed by atoms with Crippen LogP contribution in [0.1, 0.15) is 39.5 Å². The molecule has 1 aliphatic carbocycles. The van der Waals surface area contributed by atoms with Gasteiger partial charge in [0.2, 0.25) is 11.9 Å². The van der Waals surface area contributed by atoms with Crippen LogP contribution in [-0.2, 0) is 0 Å². The van der Waals surface area contributed by atoms with Crippen molar-refractivity contribution in [3.8, 4) is 11.3 Å². The van der Waals surface area contributed by atoms with Crippen molar-refractivity contribution in [2.45, 2.75) is 51.8 Å². The van der Waals surface area contributed by atoms with Crippen molar-refractivity contribution in [3.05, 3.63) is 30.3 Å². The second-order valence-corrected chi connectivity index (χ2v) is 8.00. The smallest absolute Gasteiger partial charge is 0.224 e. The van der Waals surface area contributed by atoms with Crippen molar-refractivity contribution in [2.75, 3.05) is 23.7 Å². The van der Waals surface area contributed by atoms with Crippen molar-refractivity contribution in [3.63, 3.8) is 0 Å². The number of nitrogens with zero attached hydrogens (tertiary/aromatic N) is 3. The van der Waals surface area contributed by atoms with E-state index in [9.17, 15) is 13.9 Å². The highest BCUT2D eigenvalue weighted by Gasteiger charge is 2.20. The lowest BCUT2D eigenvalue weighted by molar-refractivity contribution is 0.111. The Bertz CT molecular complexity index is 796. The van der Waals surface area contributed by atoms with Crippen LogP contribution >= 0.6 is 0 Å². The van der Waals surface area contributed by atoms with Gasteiger partial charge in [-0.1, -0.05) is 19.9 Å². The highest BCUT2D eigenvalue weighted by atomic mass is 19.1. The minimum absolute atomic E-state index is 0.0995. The SMILES string of the molecule is CC(C)[C@H](F)CNc1ncc(-c2cccc(F)n2)c(NCC2CCC(O)CC2)n1. The first-order valence-corrected chi connectivity index (χ1v) is 10.2. The van der Waals surface area contributed by atoms with Crippen LogP contribution in [0, 0.1) is 17.8 Å². The van der Waals surface area contributed by atoms with Gasteiger partial charge in [0.1, 0.15) is 12.0 Å². The van der Waals surface area contributed by atoms with Gasteiger partial charge in [0.15, 0.2) is 0 Å². The summed E-state index contributed by atoms with van der Waals surface area (Å²) in [6.07, 6.45) is 3.84. The van der Waals surface area contributed by atoms with E-state index in [1.54, 1.807) is 18.3 Å². The van der Waals surface area contributed by atoms with Gasteiger partial charge in [0.05, 0.1) is 17.4 Å². The maximum atomic E-state index is 13.9. The molecule has 0 spiro atoms. The summed E-state index contributed by atoms with van der Waals surface area (Å²) in [5, 5.41) is 16.0. The number of pyridine rings is 1. The number of hydrogen-bond acceptors (Lipinski definition) is 6. The Morgan fingerprint density at radius 3 is 2.59 bits per heavy atom. The van der Waals surface area contributed by atoms with Gasteiger partial charge in [-0.25, -0.2) is 14.4 Å². The quantitative estimate of drug-likeness (QED) is 0.575. The number of rotatable bonds is 8. The normalized spacial score (nSPS) is 20.5. The highest BCUT2D eigenvalue weighted by Crippen LogP contribution is 2.28. The molecule has 3 rings (SSSR count). The lowest BCUT2D eigenvalue weighted by atomic mass is 9.87. The summed E-state index contributed by atoms with van der Waals surface area (Å²) < 4.78 is 27.5. The van der Waals surface area contributed by atoms with Crippen LogP contribution < -0.4 is 10.6 Å². The summed E-state index contributed by atoms with van der Waals surface area (Å²) in [4.78, 5) is 12.7. The average molecular weight is 405 g/mol. The Balaban J connectivity index is 1.77. The van der Waals surface area contributed by atoms with E-state index >= 15 is 0 Å². The predicted molar refractivity (Wildman–Crippen MR) is 110 cm³/mol. The van der Waals surface area contributed by atoms with Crippen LogP contribution in [0.15, 0.2) is 24.4 Å². The summed E-state index contributed by atoms with van der Waals surface area (Å²) in [6, 6.07) is 4.58. The molecule has 2 aromatic rings. The molecule has 8 heteroatoms. The molecule has 0 unspecified atom stereocenters. The lowest BCUT2D eigenvalue weighted by Crippen LogP contribution is -2.24. The fraction of sp³-hybridized carbons (Fsp3) is 0.571. The molecule has 1 atom stereocenters. The lowest BCUT2D eigenvalue weighted by Gasteiger charge is -2.26. The molecule has 0 saturated heterocycles. The molecule has 2 heterocycles. The van der Waals surface area contributed by atoms with E-state index < -0.39 is 12.1 Å². The molecule has 1 fully saturated rings. The Morgan fingerprint density at radius 2 is 1.90 bits per heavy atom. The number of nitrogens with one attached hydrogen (secondary N) is 2. The van der Waals surface area contributed by atoms with Crippen molar-refractivity contribution in [1.29, 1.82) is 0 Å². The molecule has 158 valence electrons. The number of alkyl halides is 1. The van der Waals surface area contributed by atoms with Crippen molar-refractivity contribution in [1.82, 2.24) is 15.0 Å². The van der Waals surface area contributed by atoms with Gasteiger partial charge < -0.3 is 15.7 Å². The van der Waals surface area contributed by atoms with Crippen LogP contribution in [-0.4, -0.2) is 45.4 Å². The van der Waals surface area contributed by atoms with Gasteiger partial charge in [0, 0.05) is 19.3 Å². The van der Waals surface area contributed by atoms with Gasteiger partial charge in [-0.15, -0.1) is 0 Å². The highest BCUT2D eigenvalue weighted by molar-refractivity contribution is 5.72. The zero-order valence-corrected chi connectivity index (χ0v) is 16.9. The molecule has 0 aromatic carbocycles. The van der Waals surface area contributed by atoms with E-state index in [1.165, 1.54) is 6.07 Å². The molecule has 6 nitrogen and oxygen atoms in total. The zero-order chi connectivity index (χ0) is 20.8. The van der Waals surface area contributed by atoms with E-state index in [2.05, 4.69) is 25.6 Å². The Morgan fingerprint density at radius 1 is 1.14 bits per heavy atom. The number of halogens is 2. The molecule has 0 bridgehead atoms. The van der Waals surface area contributed by atoms with Gasteiger partial charge in [-0.3, -0.25) is 0 Å². The number of anilines is 2. The average Bonchev–Trinajstić information content (AvgIpc) is 2.71. The van der Waals surface area contributed by atoms with Crippen LogP contribution in [0.4, 0.5) is 20.5 Å². The van der Waals surface area contributed by atoms with Crippen molar-refractivity contribution < 1.29 is 13.9 Å². The summed E-state index contributed by atoms with van der Waals surface area (Å²) in [7, 11) is 0. The van der Waals surface area contributed by atoms with Crippen LogP contribution in [0.3, 0.4) is 0 Å². The Kier molecular flexibility index (Phi) is 7.30. The van der Waals surface area contributed by atoms with Gasteiger partial charge in [-0.05, 0) is 49.7 Å². The maximum Gasteiger partial charge on any atom is 0.224 e. The largest absolute Gasteiger partial charge is 0.393 e. The first-order chi connectivity index (χ1) is 13.9. The third-order valence-corrected chi connectivity index (χ3v) is 5.33. The molecule has 2 aromatic heterocycles. The number of hydrogen-bond donors (Lipinski definition) is 3. The van der Waals surface area contributed by atoms with Gasteiger partial charge in [-0.2, -0.15) is 9.37 Å². The monoisotopic (exact) mass is 405 g/mol. The van der Waals surface area contributed by atoms with E-state index in [0.717, 1.165) is 25.7 Å². The van der Waals surface area contributed by atoms with Crippen LogP contribution in [0.5, 0.6) is 0 Å². The van der Waals surface area contributed by atoms with E-state index in [-0.39, 0.29) is 18.6 Å². The van der Waals surface area contributed by atoms with E-state index in [1.807, 2.05) is 13.8 Å². The molecular formula is C21H29F2N5O. The topological polar surface area (TPSA) is 83.0 Å². The summed E-state index contributed by atoms with van der Waals surface area (Å²) in [5.74, 6) is 0.600. The van der Waals surface area contributed by atoms with Gasteiger partial charge in [0.25, 0.3) is 0 Å². The summed E-state index contributed by atoms with van der Waals surface area (Å²) in [6.45, 7) is 4.44. The van der Waals surface area contributed by atoms with Crippen LogP contribution in [0.25, 0.3) is 11.3 Å². The van der Waals surface area contributed by atoms with E-state index in [0.29, 0.717) is 35.5 Å². The van der Waals surface area contributed by atoms with Crippen molar-refractivity contribution >= 4 is 11.8 Å². The summed E-state index contributed by atoms with van der Waals surface area (Å²) >= 11 is 0. The molecule has 1 saturated carbocycles. The third-order valence-electron chi connectivity index (χ3n) is 5.33. The first-order valence-electron chi connectivity index (χ1n) is 10.2. The molecular weight excluding hydrogens is 376 g/mol. The molecule has 1 aliphatic rings. The minimum atomic E-state index is -1.01. The third kappa shape index (κ3) is 6.06. The number of aromatic nitrogens is 3.